The van der Waals surface area contributed by atoms with Crippen molar-refractivity contribution in [2.75, 3.05) is 18.0 Å². The molecule has 0 aliphatic carbocycles. The van der Waals surface area contributed by atoms with E-state index in [0.717, 1.165) is 17.8 Å². The Morgan fingerprint density at radius 3 is 2.41 bits per heavy atom. The van der Waals surface area contributed by atoms with Crippen LogP contribution in [0, 0.1) is 0 Å². The number of hydrogen-bond donors (Lipinski definition) is 1. The van der Waals surface area contributed by atoms with Gasteiger partial charge < -0.3 is 15.0 Å². The Kier molecular flexibility index (Phi) is 5.25. The lowest BCUT2D eigenvalue weighted by Crippen LogP contribution is -2.54. The number of carbonyl (C=O) groups is 1. The standard InChI is InChI=1S/C19H20F3N3O2/c1-12(24-13(2)26)14-3-6-16(7-4-14)27-17-10-25(11-17)18-8-5-15(9-23-18)19(20,21)22/h3-9,12,17H,10-11H2,1-2H3,(H,24,26)/t12-/m0/s1. The lowest BCUT2D eigenvalue weighted by atomic mass is 10.1. The molecule has 1 aliphatic heterocycles. The topological polar surface area (TPSA) is 54.5 Å². The normalized spacial score (nSPS) is 15.8. The van der Waals surface area contributed by atoms with Crippen LogP contribution in [0.1, 0.15) is 31.0 Å². The zero-order valence-electron chi connectivity index (χ0n) is 15.0. The number of halogens is 3. The van der Waals surface area contributed by atoms with Crippen LogP contribution in [0.4, 0.5) is 19.0 Å². The maximum absolute atomic E-state index is 12.6. The van der Waals surface area contributed by atoms with E-state index >= 15 is 0 Å². The third-order valence-corrected chi connectivity index (χ3v) is 4.35. The summed E-state index contributed by atoms with van der Waals surface area (Å²) in [5.74, 6) is 1.12. The fraction of sp³-hybridized carbons (Fsp3) is 0.368. The number of hydrogen-bond acceptors (Lipinski definition) is 4. The number of nitrogens with one attached hydrogen (secondary N) is 1. The summed E-state index contributed by atoms with van der Waals surface area (Å²) in [7, 11) is 0. The summed E-state index contributed by atoms with van der Waals surface area (Å²) >= 11 is 0. The Bertz CT molecular complexity index is 785. The molecule has 1 aliphatic rings. The van der Waals surface area contributed by atoms with Crippen LogP contribution >= 0.6 is 0 Å². The molecule has 1 aromatic heterocycles. The minimum atomic E-state index is -4.38. The van der Waals surface area contributed by atoms with Crippen molar-refractivity contribution < 1.29 is 22.7 Å². The van der Waals surface area contributed by atoms with Gasteiger partial charge in [-0.1, -0.05) is 12.1 Å². The molecule has 3 rings (SSSR count). The van der Waals surface area contributed by atoms with E-state index in [1.54, 1.807) is 0 Å². The first-order chi connectivity index (χ1) is 12.7. The van der Waals surface area contributed by atoms with E-state index in [9.17, 15) is 18.0 Å². The zero-order valence-corrected chi connectivity index (χ0v) is 15.0. The molecule has 0 bridgehead atoms. The van der Waals surface area contributed by atoms with E-state index in [1.807, 2.05) is 36.1 Å². The number of anilines is 1. The molecule has 1 fully saturated rings. The highest BCUT2D eigenvalue weighted by Gasteiger charge is 2.33. The van der Waals surface area contributed by atoms with E-state index in [4.69, 9.17) is 4.74 Å². The Morgan fingerprint density at radius 2 is 1.89 bits per heavy atom. The van der Waals surface area contributed by atoms with E-state index in [-0.39, 0.29) is 18.1 Å². The second kappa shape index (κ2) is 7.46. The molecule has 1 atom stereocenters. The van der Waals surface area contributed by atoms with Gasteiger partial charge in [0.2, 0.25) is 5.91 Å². The fourth-order valence-corrected chi connectivity index (χ4v) is 2.86. The molecule has 0 unspecified atom stereocenters. The zero-order chi connectivity index (χ0) is 19.6. The molecule has 5 nitrogen and oxygen atoms in total. The minimum Gasteiger partial charge on any atom is -0.487 e. The van der Waals surface area contributed by atoms with Crippen molar-refractivity contribution in [1.29, 1.82) is 0 Å². The summed E-state index contributed by atoms with van der Waals surface area (Å²) in [5, 5.41) is 2.82. The number of carbonyl (C=O) groups excluding carboxylic acids is 1. The van der Waals surface area contributed by atoms with Gasteiger partial charge in [0.15, 0.2) is 0 Å². The summed E-state index contributed by atoms with van der Waals surface area (Å²) in [5.41, 5.74) is 0.217. The van der Waals surface area contributed by atoms with Gasteiger partial charge in [-0.25, -0.2) is 4.98 Å². The van der Waals surface area contributed by atoms with E-state index in [2.05, 4.69) is 10.3 Å². The molecule has 1 saturated heterocycles. The van der Waals surface area contributed by atoms with Crippen LogP contribution in [-0.2, 0) is 11.0 Å². The van der Waals surface area contributed by atoms with Crippen molar-refractivity contribution in [3.05, 3.63) is 53.7 Å². The summed E-state index contributed by atoms with van der Waals surface area (Å²) in [6.07, 6.45) is -3.58. The van der Waals surface area contributed by atoms with Gasteiger partial charge in [-0.15, -0.1) is 0 Å². The second-order valence-corrected chi connectivity index (χ2v) is 6.54. The number of rotatable bonds is 5. The summed E-state index contributed by atoms with van der Waals surface area (Å²) in [6, 6.07) is 9.79. The van der Waals surface area contributed by atoms with Gasteiger partial charge in [-0.2, -0.15) is 13.2 Å². The molecule has 1 aromatic carbocycles. The van der Waals surface area contributed by atoms with Crippen LogP contribution in [0.2, 0.25) is 0 Å². The van der Waals surface area contributed by atoms with Crippen LogP contribution < -0.4 is 15.0 Å². The number of benzene rings is 1. The van der Waals surface area contributed by atoms with Gasteiger partial charge in [0, 0.05) is 13.1 Å². The quantitative estimate of drug-likeness (QED) is 0.863. The highest BCUT2D eigenvalue weighted by Crippen LogP contribution is 2.30. The van der Waals surface area contributed by atoms with Crippen molar-refractivity contribution in [1.82, 2.24) is 10.3 Å². The predicted molar refractivity (Wildman–Crippen MR) is 94.5 cm³/mol. The number of nitrogens with zero attached hydrogens (tertiary/aromatic N) is 2. The fourth-order valence-electron chi connectivity index (χ4n) is 2.86. The molecule has 27 heavy (non-hydrogen) atoms. The van der Waals surface area contributed by atoms with Crippen LogP contribution in [0.3, 0.4) is 0 Å². The van der Waals surface area contributed by atoms with Gasteiger partial charge in [-0.05, 0) is 36.8 Å². The largest absolute Gasteiger partial charge is 0.487 e. The van der Waals surface area contributed by atoms with Crippen LogP contribution in [0.25, 0.3) is 0 Å². The number of alkyl halides is 3. The lowest BCUT2D eigenvalue weighted by Gasteiger charge is -2.39. The first-order valence-corrected chi connectivity index (χ1v) is 8.54. The lowest BCUT2D eigenvalue weighted by molar-refractivity contribution is -0.137. The van der Waals surface area contributed by atoms with Crippen molar-refractivity contribution in [3.63, 3.8) is 0 Å². The van der Waals surface area contributed by atoms with Gasteiger partial charge in [-0.3, -0.25) is 4.79 Å². The highest BCUT2D eigenvalue weighted by molar-refractivity contribution is 5.73. The summed E-state index contributed by atoms with van der Waals surface area (Å²) in [4.78, 5) is 16.8. The Balaban J connectivity index is 1.51. The molecular formula is C19H20F3N3O2. The van der Waals surface area contributed by atoms with Crippen molar-refractivity contribution in [3.8, 4) is 5.75 Å². The molecule has 144 valence electrons. The van der Waals surface area contributed by atoms with Gasteiger partial charge in [0.1, 0.15) is 17.7 Å². The van der Waals surface area contributed by atoms with Crippen molar-refractivity contribution >= 4 is 11.7 Å². The summed E-state index contributed by atoms with van der Waals surface area (Å²) in [6.45, 7) is 4.49. The van der Waals surface area contributed by atoms with Gasteiger partial charge in [0.05, 0.1) is 24.7 Å². The summed E-state index contributed by atoms with van der Waals surface area (Å²) < 4.78 is 43.6. The monoisotopic (exact) mass is 379 g/mol. The van der Waals surface area contributed by atoms with Crippen LogP contribution in [0.15, 0.2) is 42.6 Å². The molecule has 0 spiro atoms. The number of ether oxygens (including phenoxy) is 1. The molecule has 0 saturated carbocycles. The van der Waals surface area contributed by atoms with Crippen molar-refractivity contribution in [2.45, 2.75) is 32.2 Å². The first-order valence-electron chi connectivity index (χ1n) is 8.54. The van der Waals surface area contributed by atoms with Gasteiger partial charge >= 0.3 is 6.18 Å². The van der Waals surface area contributed by atoms with Crippen LogP contribution in [0.5, 0.6) is 5.75 Å². The molecule has 1 N–H and O–H groups in total. The van der Waals surface area contributed by atoms with E-state index < -0.39 is 11.7 Å². The minimum absolute atomic E-state index is 0.0484. The smallest absolute Gasteiger partial charge is 0.417 e. The second-order valence-electron chi connectivity index (χ2n) is 6.54. The van der Waals surface area contributed by atoms with E-state index in [1.165, 1.54) is 13.0 Å². The molecule has 0 radical (unpaired) electrons. The third-order valence-electron chi connectivity index (χ3n) is 4.35. The maximum Gasteiger partial charge on any atom is 0.417 e. The Morgan fingerprint density at radius 1 is 1.22 bits per heavy atom. The predicted octanol–water partition coefficient (Wildman–Crippen LogP) is 3.57. The molecule has 1 amide bonds. The third kappa shape index (κ3) is 4.69. The Hall–Kier alpha value is -2.77. The van der Waals surface area contributed by atoms with Crippen molar-refractivity contribution in [2.24, 2.45) is 0 Å². The molecule has 8 heteroatoms. The SMILES string of the molecule is CC(=O)N[C@@H](C)c1ccc(OC2CN(c3ccc(C(F)(F)F)cn3)C2)cc1. The first kappa shape index (κ1) is 19.0. The molecule has 2 heterocycles. The molecule has 2 aromatic rings. The number of amides is 1. The maximum atomic E-state index is 12.6. The van der Waals surface area contributed by atoms with Crippen LogP contribution in [-0.4, -0.2) is 30.1 Å². The van der Waals surface area contributed by atoms with Gasteiger partial charge in [0.25, 0.3) is 0 Å². The average Bonchev–Trinajstić information content (AvgIpc) is 2.57. The highest BCUT2D eigenvalue weighted by atomic mass is 19.4. The van der Waals surface area contributed by atoms with E-state index in [0.29, 0.717) is 24.7 Å². The average molecular weight is 379 g/mol. The molecular weight excluding hydrogens is 359 g/mol. The Labute approximate surface area is 155 Å². The number of aromatic nitrogens is 1. The number of pyridine rings is 1.